The summed E-state index contributed by atoms with van der Waals surface area (Å²) in [6.45, 7) is 6.17. The van der Waals surface area contributed by atoms with Crippen molar-refractivity contribution in [1.82, 2.24) is 10.1 Å². The van der Waals surface area contributed by atoms with E-state index in [1.807, 2.05) is 0 Å². The summed E-state index contributed by atoms with van der Waals surface area (Å²) >= 11 is 0. The van der Waals surface area contributed by atoms with Crippen LogP contribution in [0.1, 0.15) is 58.3 Å². The molecule has 1 aromatic rings. The van der Waals surface area contributed by atoms with Crippen molar-refractivity contribution in [2.75, 3.05) is 18.0 Å². The van der Waals surface area contributed by atoms with E-state index in [2.05, 4.69) is 28.9 Å². The summed E-state index contributed by atoms with van der Waals surface area (Å²) in [6.07, 6.45) is 8.78. The summed E-state index contributed by atoms with van der Waals surface area (Å²) in [4.78, 5) is 6.82. The van der Waals surface area contributed by atoms with Crippen molar-refractivity contribution in [3.8, 4) is 0 Å². The van der Waals surface area contributed by atoms with Crippen LogP contribution in [0.3, 0.4) is 0 Å². The molecule has 1 aliphatic heterocycles. The standard InChI is InChI=1S/C16H27N3O2/c1-3-5-7-13-10-19(11-14(20-13)12-8-9-12)16-17-15(6-4-2)21-18-16/h12-14H,3-11H2,1-2H3/t13-,14-/m1/s1. The van der Waals surface area contributed by atoms with Gasteiger partial charge in [0.2, 0.25) is 5.89 Å². The van der Waals surface area contributed by atoms with E-state index in [0.29, 0.717) is 12.2 Å². The first-order valence-corrected chi connectivity index (χ1v) is 8.53. The van der Waals surface area contributed by atoms with Crippen molar-refractivity contribution in [1.29, 1.82) is 0 Å². The molecule has 118 valence electrons. The van der Waals surface area contributed by atoms with Crippen LogP contribution in [-0.2, 0) is 11.2 Å². The van der Waals surface area contributed by atoms with Crippen LogP contribution in [0.2, 0.25) is 0 Å². The lowest BCUT2D eigenvalue weighted by Crippen LogP contribution is -2.49. The van der Waals surface area contributed by atoms with Gasteiger partial charge in [-0.25, -0.2) is 0 Å². The van der Waals surface area contributed by atoms with E-state index < -0.39 is 0 Å². The largest absolute Gasteiger partial charge is 0.371 e. The smallest absolute Gasteiger partial charge is 0.266 e. The molecular weight excluding hydrogens is 266 g/mol. The van der Waals surface area contributed by atoms with Crippen LogP contribution in [0.15, 0.2) is 4.52 Å². The number of anilines is 1. The molecule has 5 heteroatoms. The van der Waals surface area contributed by atoms with Crippen molar-refractivity contribution < 1.29 is 9.26 Å². The molecule has 1 saturated heterocycles. The van der Waals surface area contributed by atoms with Gasteiger partial charge >= 0.3 is 0 Å². The first-order chi connectivity index (χ1) is 10.3. The molecule has 21 heavy (non-hydrogen) atoms. The Kier molecular flexibility index (Phi) is 4.78. The lowest BCUT2D eigenvalue weighted by Gasteiger charge is -2.37. The molecule has 2 fully saturated rings. The Morgan fingerprint density at radius 3 is 2.76 bits per heavy atom. The highest BCUT2D eigenvalue weighted by Crippen LogP contribution is 2.37. The van der Waals surface area contributed by atoms with Crippen molar-refractivity contribution in [2.45, 2.75) is 71.0 Å². The molecule has 0 amide bonds. The predicted molar refractivity (Wildman–Crippen MR) is 81.4 cm³/mol. The fourth-order valence-corrected chi connectivity index (χ4v) is 3.04. The molecule has 1 saturated carbocycles. The maximum absolute atomic E-state index is 6.29. The van der Waals surface area contributed by atoms with E-state index in [1.54, 1.807) is 0 Å². The van der Waals surface area contributed by atoms with Gasteiger partial charge in [-0.15, -0.1) is 0 Å². The molecule has 1 aromatic heterocycles. The number of hydrogen-bond acceptors (Lipinski definition) is 5. The van der Waals surface area contributed by atoms with Gasteiger partial charge in [0, 0.05) is 19.5 Å². The zero-order valence-electron chi connectivity index (χ0n) is 13.3. The molecule has 2 atom stereocenters. The second-order valence-corrected chi connectivity index (χ2v) is 6.42. The van der Waals surface area contributed by atoms with Crippen molar-refractivity contribution in [2.24, 2.45) is 5.92 Å². The van der Waals surface area contributed by atoms with Crippen molar-refractivity contribution in [3.63, 3.8) is 0 Å². The van der Waals surface area contributed by atoms with Crippen LogP contribution in [-0.4, -0.2) is 35.4 Å². The Morgan fingerprint density at radius 1 is 1.19 bits per heavy atom. The topological polar surface area (TPSA) is 51.4 Å². The minimum atomic E-state index is 0.317. The number of hydrogen-bond donors (Lipinski definition) is 0. The van der Waals surface area contributed by atoms with Crippen molar-refractivity contribution >= 4 is 5.95 Å². The number of rotatable bonds is 7. The van der Waals surface area contributed by atoms with Gasteiger partial charge in [0.1, 0.15) is 0 Å². The van der Waals surface area contributed by atoms with Gasteiger partial charge in [-0.1, -0.05) is 26.7 Å². The molecule has 0 N–H and O–H groups in total. The third-order valence-electron chi connectivity index (χ3n) is 4.42. The Morgan fingerprint density at radius 2 is 2.05 bits per heavy atom. The van der Waals surface area contributed by atoms with Gasteiger partial charge in [-0.2, -0.15) is 4.98 Å². The predicted octanol–water partition coefficient (Wildman–Crippen LogP) is 3.20. The molecule has 0 aromatic carbocycles. The average molecular weight is 293 g/mol. The van der Waals surface area contributed by atoms with Crippen LogP contribution in [0.5, 0.6) is 0 Å². The zero-order valence-corrected chi connectivity index (χ0v) is 13.3. The maximum Gasteiger partial charge on any atom is 0.266 e. The Bertz CT molecular complexity index is 444. The van der Waals surface area contributed by atoms with E-state index in [-0.39, 0.29) is 0 Å². The fraction of sp³-hybridized carbons (Fsp3) is 0.875. The Hall–Kier alpha value is -1.10. The van der Waals surface area contributed by atoms with Crippen molar-refractivity contribution in [3.05, 3.63) is 5.89 Å². The van der Waals surface area contributed by atoms with Gasteiger partial charge in [0.15, 0.2) is 0 Å². The molecule has 5 nitrogen and oxygen atoms in total. The van der Waals surface area contributed by atoms with Gasteiger partial charge in [-0.05, 0) is 36.8 Å². The normalized spacial score (nSPS) is 26.3. The highest BCUT2D eigenvalue weighted by Gasteiger charge is 2.39. The highest BCUT2D eigenvalue weighted by atomic mass is 16.5. The van der Waals surface area contributed by atoms with E-state index >= 15 is 0 Å². The molecule has 3 rings (SSSR count). The number of aryl methyl sites for hydroxylation is 1. The summed E-state index contributed by atoms with van der Waals surface area (Å²) in [5.74, 6) is 2.26. The summed E-state index contributed by atoms with van der Waals surface area (Å²) in [7, 11) is 0. The molecule has 2 heterocycles. The van der Waals surface area contributed by atoms with Gasteiger partial charge < -0.3 is 14.2 Å². The van der Waals surface area contributed by atoms with Crippen LogP contribution in [0.4, 0.5) is 5.95 Å². The van der Waals surface area contributed by atoms with Gasteiger partial charge in [0.05, 0.1) is 12.2 Å². The summed E-state index contributed by atoms with van der Waals surface area (Å²) < 4.78 is 11.6. The molecular formula is C16H27N3O2. The van der Waals surface area contributed by atoms with Crippen LogP contribution in [0.25, 0.3) is 0 Å². The number of unbranched alkanes of at least 4 members (excludes halogenated alkanes) is 1. The summed E-state index contributed by atoms with van der Waals surface area (Å²) in [5.41, 5.74) is 0. The monoisotopic (exact) mass is 293 g/mol. The first kappa shape index (κ1) is 14.8. The SMILES string of the molecule is CCCC[C@@H]1CN(c2noc(CCC)n2)C[C@H](C2CC2)O1. The molecule has 2 aliphatic rings. The second kappa shape index (κ2) is 6.77. The first-order valence-electron chi connectivity index (χ1n) is 8.53. The minimum Gasteiger partial charge on any atom is -0.371 e. The van der Waals surface area contributed by atoms with E-state index in [1.165, 1.54) is 25.7 Å². The summed E-state index contributed by atoms with van der Waals surface area (Å²) in [6, 6.07) is 0. The average Bonchev–Trinajstić information content (AvgIpc) is 3.25. The summed E-state index contributed by atoms with van der Waals surface area (Å²) in [5, 5.41) is 4.17. The van der Waals surface area contributed by atoms with Gasteiger partial charge in [-0.3, -0.25) is 0 Å². The zero-order chi connectivity index (χ0) is 14.7. The quantitative estimate of drug-likeness (QED) is 0.772. The Labute approximate surface area is 127 Å². The molecule has 0 radical (unpaired) electrons. The van der Waals surface area contributed by atoms with Crippen LogP contribution >= 0.6 is 0 Å². The number of ether oxygens (including phenoxy) is 1. The van der Waals surface area contributed by atoms with Gasteiger partial charge in [0.25, 0.3) is 5.95 Å². The van der Waals surface area contributed by atoms with E-state index in [9.17, 15) is 0 Å². The van der Waals surface area contributed by atoms with E-state index in [0.717, 1.165) is 50.1 Å². The lowest BCUT2D eigenvalue weighted by atomic mass is 10.1. The second-order valence-electron chi connectivity index (χ2n) is 6.42. The van der Waals surface area contributed by atoms with Crippen LogP contribution < -0.4 is 4.90 Å². The van der Waals surface area contributed by atoms with Crippen LogP contribution in [0, 0.1) is 5.92 Å². The Balaban J connectivity index is 1.66. The molecule has 0 spiro atoms. The lowest BCUT2D eigenvalue weighted by molar-refractivity contribution is -0.0414. The number of nitrogens with zero attached hydrogens (tertiary/aromatic N) is 3. The number of aromatic nitrogens is 2. The minimum absolute atomic E-state index is 0.317. The van der Waals surface area contributed by atoms with E-state index in [4.69, 9.17) is 9.26 Å². The molecule has 1 aliphatic carbocycles. The molecule has 0 bridgehead atoms. The fourth-order valence-electron chi connectivity index (χ4n) is 3.04. The number of morpholine rings is 1. The molecule has 0 unspecified atom stereocenters. The highest BCUT2D eigenvalue weighted by molar-refractivity contribution is 5.29. The maximum atomic E-state index is 6.29. The third kappa shape index (κ3) is 3.76. The third-order valence-corrected chi connectivity index (χ3v) is 4.42.